The molecule has 1 aliphatic rings. The Bertz CT molecular complexity index is 757. The Morgan fingerprint density at radius 2 is 1.26 bits per heavy atom. The van der Waals surface area contributed by atoms with Gasteiger partial charge in [0.2, 0.25) is 0 Å². The molecule has 23 heavy (non-hydrogen) atoms. The first-order chi connectivity index (χ1) is 11.3. The van der Waals surface area contributed by atoms with Gasteiger partial charge in [-0.3, -0.25) is 0 Å². The molecule has 2 nitrogen and oxygen atoms in total. The van der Waals surface area contributed by atoms with Crippen molar-refractivity contribution in [3.05, 3.63) is 107 Å². The maximum atomic E-state index is 11.8. The molecule has 3 aromatic carbocycles. The standard InChI is InChI=1S/C21H18O2/c22-21(17-10-3-1-4-11-17,18-12-5-2-6-13-18)20-19-14-8-7-9-16(19)15-23-20/h1-14,20,22H,15H2/t20-/m0/s1. The van der Waals surface area contributed by atoms with E-state index >= 15 is 0 Å². The number of benzene rings is 3. The molecule has 3 aromatic rings. The molecule has 4 rings (SSSR count). The largest absolute Gasteiger partial charge is 0.377 e. The van der Waals surface area contributed by atoms with Crippen LogP contribution in [0.5, 0.6) is 0 Å². The van der Waals surface area contributed by atoms with Crippen LogP contribution in [0.15, 0.2) is 84.9 Å². The molecule has 0 bridgehead atoms. The van der Waals surface area contributed by atoms with Gasteiger partial charge in [-0.25, -0.2) is 0 Å². The van der Waals surface area contributed by atoms with E-state index in [9.17, 15) is 5.11 Å². The smallest absolute Gasteiger partial charge is 0.145 e. The summed E-state index contributed by atoms with van der Waals surface area (Å²) in [7, 11) is 0. The van der Waals surface area contributed by atoms with Crippen molar-refractivity contribution in [2.45, 2.75) is 18.3 Å². The summed E-state index contributed by atoms with van der Waals surface area (Å²) in [5.41, 5.74) is 2.67. The molecule has 0 aromatic heterocycles. The average molecular weight is 302 g/mol. The Hall–Kier alpha value is -2.42. The summed E-state index contributed by atoms with van der Waals surface area (Å²) in [5, 5.41) is 11.8. The molecule has 0 aliphatic carbocycles. The van der Waals surface area contributed by atoms with E-state index in [1.807, 2.05) is 78.9 Å². The first kappa shape index (κ1) is 14.2. The van der Waals surface area contributed by atoms with Gasteiger partial charge < -0.3 is 9.84 Å². The number of rotatable bonds is 3. The highest BCUT2D eigenvalue weighted by molar-refractivity contribution is 5.43. The molecule has 0 radical (unpaired) electrons. The Kier molecular flexibility index (Phi) is 3.49. The lowest BCUT2D eigenvalue weighted by Crippen LogP contribution is -2.34. The molecule has 1 atom stereocenters. The summed E-state index contributed by atoms with van der Waals surface area (Å²) in [6.45, 7) is 0.531. The van der Waals surface area contributed by atoms with E-state index in [2.05, 4.69) is 6.07 Å². The molecule has 1 aliphatic heterocycles. The fourth-order valence-corrected chi connectivity index (χ4v) is 3.38. The van der Waals surface area contributed by atoms with Gasteiger partial charge in [-0.1, -0.05) is 84.9 Å². The molecule has 1 N–H and O–H groups in total. The van der Waals surface area contributed by atoms with E-state index in [0.717, 1.165) is 22.3 Å². The predicted octanol–water partition coefficient (Wildman–Crippen LogP) is 4.19. The van der Waals surface area contributed by atoms with Crippen LogP contribution in [0.2, 0.25) is 0 Å². The van der Waals surface area contributed by atoms with Crippen LogP contribution in [0.25, 0.3) is 0 Å². The van der Waals surface area contributed by atoms with E-state index in [1.54, 1.807) is 0 Å². The zero-order valence-corrected chi connectivity index (χ0v) is 12.7. The van der Waals surface area contributed by atoms with Crippen molar-refractivity contribution in [2.75, 3.05) is 0 Å². The van der Waals surface area contributed by atoms with Gasteiger partial charge in [-0.2, -0.15) is 0 Å². The van der Waals surface area contributed by atoms with Gasteiger partial charge in [0, 0.05) is 0 Å². The predicted molar refractivity (Wildman–Crippen MR) is 89.9 cm³/mol. The number of fused-ring (bicyclic) bond motifs is 1. The Morgan fingerprint density at radius 1 is 0.739 bits per heavy atom. The van der Waals surface area contributed by atoms with Crippen molar-refractivity contribution in [1.82, 2.24) is 0 Å². The Balaban J connectivity index is 1.91. The van der Waals surface area contributed by atoms with Gasteiger partial charge in [0.15, 0.2) is 0 Å². The van der Waals surface area contributed by atoms with Crippen LogP contribution in [-0.2, 0) is 16.9 Å². The van der Waals surface area contributed by atoms with Gasteiger partial charge in [0.25, 0.3) is 0 Å². The lowest BCUT2D eigenvalue weighted by molar-refractivity contribution is -0.0852. The average Bonchev–Trinajstić information content (AvgIpc) is 3.07. The summed E-state index contributed by atoms with van der Waals surface area (Å²) in [5.74, 6) is 0. The van der Waals surface area contributed by atoms with Crippen LogP contribution >= 0.6 is 0 Å². The minimum Gasteiger partial charge on any atom is -0.377 e. The normalized spacial score (nSPS) is 17.0. The van der Waals surface area contributed by atoms with E-state index in [4.69, 9.17) is 4.74 Å². The third kappa shape index (κ3) is 2.27. The third-order valence-corrected chi connectivity index (χ3v) is 4.55. The SMILES string of the molecule is OC(c1ccccc1)(c1ccccc1)[C@H]1OCc2ccccc21. The minimum absolute atomic E-state index is 0.413. The number of hydrogen-bond acceptors (Lipinski definition) is 2. The van der Waals surface area contributed by atoms with Gasteiger partial charge in [-0.05, 0) is 22.3 Å². The molecule has 0 spiro atoms. The zero-order chi connectivity index (χ0) is 15.7. The quantitative estimate of drug-likeness (QED) is 0.786. The van der Waals surface area contributed by atoms with Crippen LogP contribution in [0, 0.1) is 0 Å². The Labute approximate surface area is 136 Å². The van der Waals surface area contributed by atoms with Crippen molar-refractivity contribution in [3.8, 4) is 0 Å². The number of hydrogen-bond donors (Lipinski definition) is 1. The molecule has 2 heteroatoms. The lowest BCUT2D eigenvalue weighted by Gasteiger charge is -2.35. The van der Waals surface area contributed by atoms with Gasteiger partial charge >= 0.3 is 0 Å². The van der Waals surface area contributed by atoms with Crippen LogP contribution in [0.1, 0.15) is 28.4 Å². The van der Waals surface area contributed by atoms with Crippen LogP contribution in [0.3, 0.4) is 0 Å². The minimum atomic E-state index is -1.21. The number of ether oxygens (including phenoxy) is 1. The molecule has 0 fully saturated rings. The molecule has 114 valence electrons. The van der Waals surface area contributed by atoms with Gasteiger partial charge in [0.05, 0.1) is 6.61 Å². The van der Waals surface area contributed by atoms with Crippen LogP contribution < -0.4 is 0 Å². The second-order valence-electron chi connectivity index (χ2n) is 5.89. The summed E-state index contributed by atoms with van der Waals surface area (Å²) in [4.78, 5) is 0. The molecule has 0 saturated carbocycles. The van der Waals surface area contributed by atoms with Crippen molar-refractivity contribution >= 4 is 0 Å². The number of aliphatic hydroxyl groups is 1. The van der Waals surface area contributed by atoms with E-state index in [-0.39, 0.29) is 0 Å². The summed E-state index contributed by atoms with van der Waals surface area (Å²) < 4.78 is 6.05. The highest BCUT2D eigenvalue weighted by Gasteiger charge is 2.45. The van der Waals surface area contributed by atoms with E-state index in [0.29, 0.717) is 6.61 Å². The van der Waals surface area contributed by atoms with Crippen molar-refractivity contribution in [2.24, 2.45) is 0 Å². The summed E-state index contributed by atoms with van der Waals surface area (Å²) in [6, 6.07) is 27.6. The van der Waals surface area contributed by atoms with Crippen LogP contribution in [-0.4, -0.2) is 5.11 Å². The van der Waals surface area contributed by atoms with E-state index in [1.165, 1.54) is 0 Å². The van der Waals surface area contributed by atoms with Gasteiger partial charge in [0.1, 0.15) is 11.7 Å². The maximum absolute atomic E-state index is 11.8. The second-order valence-corrected chi connectivity index (χ2v) is 5.89. The fourth-order valence-electron chi connectivity index (χ4n) is 3.38. The van der Waals surface area contributed by atoms with Crippen LogP contribution in [0.4, 0.5) is 0 Å². The maximum Gasteiger partial charge on any atom is 0.145 e. The lowest BCUT2D eigenvalue weighted by atomic mass is 9.79. The second kappa shape index (κ2) is 5.65. The van der Waals surface area contributed by atoms with Gasteiger partial charge in [-0.15, -0.1) is 0 Å². The first-order valence-corrected chi connectivity index (χ1v) is 7.83. The topological polar surface area (TPSA) is 29.5 Å². The molecule has 1 heterocycles. The highest BCUT2D eigenvalue weighted by atomic mass is 16.5. The zero-order valence-electron chi connectivity index (χ0n) is 12.7. The summed E-state index contributed by atoms with van der Waals surface area (Å²) in [6.07, 6.45) is -0.413. The monoisotopic (exact) mass is 302 g/mol. The first-order valence-electron chi connectivity index (χ1n) is 7.83. The molecular weight excluding hydrogens is 284 g/mol. The van der Waals surface area contributed by atoms with E-state index < -0.39 is 11.7 Å². The molecular formula is C21H18O2. The molecule has 0 saturated heterocycles. The Morgan fingerprint density at radius 3 is 1.87 bits per heavy atom. The fraction of sp³-hybridized carbons (Fsp3) is 0.143. The van der Waals surface area contributed by atoms with Crippen molar-refractivity contribution in [1.29, 1.82) is 0 Å². The van der Waals surface area contributed by atoms with Crippen molar-refractivity contribution in [3.63, 3.8) is 0 Å². The van der Waals surface area contributed by atoms with Crippen molar-refractivity contribution < 1.29 is 9.84 Å². The molecule has 0 unspecified atom stereocenters. The third-order valence-electron chi connectivity index (χ3n) is 4.55. The summed E-state index contributed by atoms with van der Waals surface area (Å²) >= 11 is 0. The highest BCUT2D eigenvalue weighted by Crippen LogP contribution is 2.47. The molecule has 0 amide bonds.